The summed E-state index contributed by atoms with van der Waals surface area (Å²) in [6.07, 6.45) is 1.53. The van der Waals surface area contributed by atoms with Crippen LogP contribution in [0.1, 0.15) is 24.1 Å². The molecule has 7 heteroatoms. The first-order valence-electron chi connectivity index (χ1n) is 4.65. The highest BCUT2D eigenvalue weighted by Gasteiger charge is 2.14. The van der Waals surface area contributed by atoms with E-state index in [9.17, 15) is 0 Å². The molecule has 0 fully saturated rings. The van der Waals surface area contributed by atoms with Crippen molar-refractivity contribution in [1.29, 1.82) is 0 Å². The lowest BCUT2D eigenvalue weighted by atomic mass is 10.2. The summed E-state index contributed by atoms with van der Waals surface area (Å²) >= 11 is 3.54. The van der Waals surface area contributed by atoms with Gasteiger partial charge in [-0.3, -0.25) is 4.68 Å². The van der Waals surface area contributed by atoms with Gasteiger partial charge in [0, 0.05) is 7.05 Å². The van der Waals surface area contributed by atoms with Gasteiger partial charge in [-0.15, -0.1) is 10.2 Å². The predicted molar refractivity (Wildman–Crippen MR) is 57.3 cm³/mol. The maximum absolute atomic E-state index is 4.39. The monoisotopic (exact) mass is 270 g/mol. The Morgan fingerprint density at radius 2 is 2.27 bits per heavy atom. The number of tetrazole rings is 1. The molecule has 0 aliphatic heterocycles. The van der Waals surface area contributed by atoms with E-state index in [1.54, 1.807) is 0 Å². The van der Waals surface area contributed by atoms with Crippen LogP contribution in [0.15, 0.2) is 4.47 Å². The number of aromatic amines is 1. The minimum absolute atomic E-state index is 0.626. The minimum Gasteiger partial charge on any atom is -0.271 e. The van der Waals surface area contributed by atoms with E-state index in [0.29, 0.717) is 12.2 Å². The summed E-state index contributed by atoms with van der Waals surface area (Å²) in [6.45, 7) is 2.07. The zero-order valence-corrected chi connectivity index (χ0v) is 10.1. The third-order valence-corrected chi connectivity index (χ3v) is 3.13. The highest BCUT2D eigenvalue weighted by atomic mass is 79.9. The summed E-state index contributed by atoms with van der Waals surface area (Å²) in [7, 11) is 1.92. The zero-order chi connectivity index (χ0) is 10.8. The molecule has 0 radical (unpaired) electrons. The molecular formula is C8H11BrN6. The summed E-state index contributed by atoms with van der Waals surface area (Å²) in [4.78, 5) is 0. The molecule has 15 heavy (non-hydrogen) atoms. The normalized spacial score (nSPS) is 10.9. The number of rotatable bonds is 3. The highest BCUT2D eigenvalue weighted by Crippen LogP contribution is 2.22. The number of aryl methyl sites for hydroxylation is 2. The van der Waals surface area contributed by atoms with Gasteiger partial charge in [-0.1, -0.05) is 12.1 Å². The number of hydrogen-bond donors (Lipinski definition) is 1. The van der Waals surface area contributed by atoms with Gasteiger partial charge in [-0.05, 0) is 22.4 Å². The van der Waals surface area contributed by atoms with Gasteiger partial charge < -0.3 is 0 Å². The Balaban J connectivity index is 2.32. The van der Waals surface area contributed by atoms with Gasteiger partial charge in [-0.2, -0.15) is 10.3 Å². The summed E-state index contributed by atoms with van der Waals surface area (Å²) in [6, 6.07) is 0. The molecule has 2 aromatic heterocycles. The van der Waals surface area contributed by atoms with Crippen LogP contribution < -0.4 is 0 Å². The van der Waals surface area contributed by atoms with Crippen LogP contribution in [0.25, 0.3) is 0 Å². The summed E-state index contributed by atoms with van der Waals surface area (Å²) < 4.78 is 2.89. The van der Waals surface area contributed by atoms with Crippen molar-refractivity contribution in [2.75, 3.05) is 0 Å². The van der Waals surface area contributed by atoms with Crippen LogP contribution in [0.4, 0.5) is 0 Å². The van der Waals surface area contributed by atoms with Gasteiger partial charge in [0.15, 0.2) is 5.82 Å². The van der Waals surface area contributed by atoms with Crippen molar-refractivity contribution in [3.05, 3.63) is 21.7 Å². The van der Waals surface area contributed by atoms with E-state index in [1.807, 2.05) is 11.7 Å². The molecule has 0 atom stereocenters. The van der Waals surface area contributed by atoms with Crippen molar-refractivity contribution in [1.82, 2.24) is 30.4 Å². The topological polar surface area (TPSA) is 72.3 Å². The number of nitrogens with one attached hydrogen (secondary N) is 1. The zero-order valence-electron chi connectivity index (χ0n) is 8.53. The fourth-order valence-electron chi connectivity index (χ4n) is 1.42. The quantitative estimate of drug-likeness (QED) is 0.898. The Morgan fingerprint density at radius 3 is 2.80 bits per heavy atom. The third kappa shape index (κ3) is 1.92. The summed E-state index contributed by atoms with van der Waals surface area (Å²) in [5, 5.41) is 18.2. The van der Waals surface area contributed by atoms with E-state index in [-0.39, 0.29) is 0 Å². The molecule has 0 bridgehead atoms. The van der Waals surface area contributed by atoms with Crippen LogP contribution in [0, 0.1) is 0 Å². The molecule has 0 saturated carbocycles. The van der Waals surface area contributed by atoms with E-state index in [4.69, 9.17) is 0 Å². The van der Waals surface area contributed by atoms with E-state index in [0.717, 1.165) is 22.3 Å². The molecule has 0 saturated heterocycles. The Hall–Kier alpha value is -1.24. The first-order valence-corrected chi connectivity index (χ1v) is 5.44. The average Bonchev–Trinajstić information content (AvgIpc) is 2.81. The molecule has 0 unspecified atom stereocenters. The standard InChI is InChI=1S/C8H11BrN6/c1-3-5-8(9)6(15(2)12-5)4-7-10-13-14-11-7/h3-4H2,1-2H3,(H,10,11,13,14). The number of aromatic nitrogens is 6. The molecule has 2 rings (SSSR count). The van der Waals surface area contributed by atoms with Crippen LogP contribution >= 0.6 is 15.9 Å². The average molecular weight is 271 g/mol. The molecule has 0 spiro atoms. The second-order valence-electron chi connectivity index (χ2n) is 3.19. The fourth-order valence-corrected chi connectivity index (χ4v) is 2.18. The van der Waals surface area contributed by atoms with E-state index in [1.165, 1.54) is 0 Å². The molecule has 2 heterocycles. The molecule has 1 N–H and O–H groups in total. The van der Waals surface area contributed by atoms with Gasteiger partial charge in [0.05, 0.1) is 22.3 Å². The van der Waals surface area contributed by atoms with Gasteiger partial charge >= 0.3 is 0 Å². The molecule has 0 amide bonds. The Labute approximate surface area is 95.2 Å². The Bertz CT molecular complexity index is 446. The summed E-state index contributed by atoms with van der Waals surface area (Å²) in [5.74, 6) is 0.668. The van der Waals surface area contributed by atoms with Crippen molar-refractivity contribution < 1.29 is 0 Å². The second kappa shape index (κ2) is 4.09. The number of nitrogens with zero attached hydrogens (tertiary/aromatic N) is 5. The van der Waals surface area contributed by atoms with Crippen LogP contribution in [0.3, 0.4) is 0 Å². The lowest BCUT2D eigenvalue weighted by molar-refractivity contribution is 0.702. The summed E-state index contributed by atoms with van der Waals surface area (Å²) in [5.41, 5.74) is 2.12. The number of hydrogen-bond acceptors (Lipinski definition) is 4. The van der Waals surface area contributed by atoms with Crippen molar-refractivity contribution in [2.45, 2.75) is 19.8 Å². The lowest BCUT2D eigenvalue weighted by Gasteiger charge is -1.97. The first kappa shape index (κ1) is 10.3. The minimum atomic E-state index is 0.626. The molecule has 0 aromatic carbocycles. The second-order valence-corrected chi connectivity index (χ2v) is 3.98. The van der Waals surface area contributed by atoms with Crippen LogP contribution in [0.2, 0.25) is 0 Å². The molecule has 2 aromatic rings. The van der Waals surface area contributed by atoms with Crippen molar-refractivity contribution in [2.24, 2.45) is 7.05 Å². The SMILES string of the molecule is CCc1nn(C)c(Cc2nn[nH]n2)c1Br. The molecule has 0 aliphatic rings. The molecule has 6 nitrogen and oxygen atoms in total. The third-order valence-electron chi connectivity index (χ3n) is 2.22. The van der Waals surface area contributed by atoms with E-state index >= 15 is 0 Å². The Kier molecular flexibility index (Phi) is 2.81. The predicted octanol–water partition coefficient (Wildman–Crippen LogP) is 0.849. The van der Waals surface area contributed by atoms with Gasteiger partial charge in [0.25, 0.3) is 0 Å². The van der Waals surface area contributed by atoms with Gasteiger partial charge in [0.1, 0.15) is 0 Å². The van der Waals surface area contributed by atoms with E-state index < -0.39 is 0 Å². The molecular weight excluding hydrogens is 260 g/mol. The highest BCUT2D eigenvalue weighted by molar-refractivity contribution is 9.10. The van der Waals surface area contributed by atoms with Crippen LogP contribution in [-0.2, 0) is 19.9 Å². The van der Waals surface area contributed by atoms with Crippen LogP contribution in [0.5, 0.6) is 0 Å². The first-order chi connectivity index (χ1) is 7.22. The number of halogens is 1. The molecule has 0 aliphatic carbocycles. The van der Waals surface area contributed by atoms with Crippen molar-refractivity contribution in [3.63, 3.8) is 0 Å². The lowest BCUT2D eigenvalue weighted by Crippen LogP contribution is -2.01. The van der Waals surface area contributed by atoms with Crippen LogP contribution in [-0.4, -0.2) is 30.4 Å². The number of H-pyrrole nitrogens is 1. The maximum Gasteiger partial charge on any atom is 0.180 e. The molecule has 80 valence electrons. The maximum atomic E-state index is 4.39. The van der Waals surface area contributed by atoms with Crippen molar-refractivity contribution in [3.8, 4) is 0 Å². The Morgan fingerprint density at radius 1 is 1.47 bits per heavy atom. The fraction of sp³-hybridized carbons (Fsp3) is 0.500. The van der Waals surface area contributed by atoms with E-state index in [2.05, 4.69) is 48.6 Å². The smallest absolute Gasteiger partial charge is 0.180 e. The van der Waals surface area contributed by atoms with Gasteiger partial charge in [-0.25, -0.2) is 0 Å². The van der Waals surface area contributed by atoms with Gasteiger partial charge in [0.2, 0.25) is 0 Å². The largest absolute Gasteiger partial charge is 0.271 e. The van der Waals surface area contributed by atoms with Crippen molar-refractivity contribution >= 4 is 15.9 Å².